The molecule has 5 aromatic carbocycles. The first-order valence-electron chi connectivity index (χ1n) is 12.7. The second-order valence-electron chi connectivity index (χ2n) is 8.96. The molecule has 8 heteroatoms. The van der Waals surface area contributed by atoms with E-state index in [1.54, 1.807) is 73.8 Å². The van der Waals surface area contributed by atoms with Crippen molar-refractivity contribution in [1.29, 1.82) is 0 Å². The maximum Gasteiger partial charge on any atom is 0.343 e. The Morgan fingerprint density at radius 1 is 0.805 bits per heavy atom. The molecule has 0 spiro atoms. The number of nitrogens with zero attached hydrogens (tertiary/aromatic N) is 1. The van der Waals surface area contributed by atoms with Gasteiger partial charge in [0.05, 0.1) is 18.9 Å². The van der Waals surface area contributed by atoms with Crippen molar-refractivity contribution in [3.8, 4) is 17.2 Å². The number of halogens is 1. The molecule has 0 atom stereocenters. The molecule has 0 aliphatic rings. The van der Waals surface area contributed by atoms with Crippen LogP contribution < -0.4 is 19.6 Å². The standard InChI is InChI=1S/C33H25ClN2O5/c1-39-27-15-10-25(11-16-27)33(38)41-31-19-12-23-4-2-3-5-29(23)30(31)20-35-36-32(37)24-8-17-28(18-9-24)40-21-22-6-13-26(34)14-7-22/h2-20H,21H2,1H3,(H,36,37)/b35-20+. The molecular weight excluding hydrogens is 540 g/mol. The van der Waals surface area contributed by atoms with Gasteiger partial charge in [0.2, 0.25) is 0 Å². The average molecular weight is 565 g/mol. The van der Waals surface area contributed by atoms with Gasteiger partial charge < -0.3 is 14.2 Å². The molecule has 0 fully saturated rings. The van der Waals surface area contributed by atoms with E-state index in [-0.39, 0.29) is 0 Å². The van der Waals surface area contributed by atoms with Crippen LogP contribution in [0.15, 0.2) is 114 Å². The Balaban J connectivity index is 1.27. The van der Waals surface area contributed by atoms with Gasteiger partial charge in [-0.25, -0.2) is 10.2 Å². The maximum atomic E-state index is 12.8. The van der Waals surface area contributed by atoms with Crippen LogP contribution in [0.1, 0.15) is 31.8 Å². The van der Waals surface area contributed by atoms with Crippen molar-refractivity contribution in [2.45, 2.75) is 6.61 Å². The number of amides is 1. The van der Waals surface area contributed by atoms with E-state index >= 15 is 0 Å². The number of rotatable bonds is 9. The van der Waals surface area contributed by atoms with Crippen molar-refractivity contribution in [1.82, 2.24) is 5.43 Å². The highest BCUT2D eigenvalue weighted by Gasteiger charge is 2.14. The van der Waals surface area contributed by atoms with E-state index in [4.69, 9.17) is 25.8 Å². The highest BCUT2D eigenvalue weighted by Crippen LogP contribution is 2.28. The van der Waals surface area contributed by atoms with Crippen LogP contribution in [-0.4, -0.2) is 25.2 Å². The van der Waals surface area contributed by atoms with Gasteiger partial charge in [0.15, 0.2) is 0 Å². The van der Waals surface area contributed by atoms with Gasteiger partial charge in [0.1, 0.15) is 23.9 Å². The minimum atomic E-state index is -0.528. The first kappa shape index (κ1) is 27.4. The Morgan fingerprint density at radius 3 is 2.22 bits per heavy atom. The third kappa shape index (κ3) is 6.90. The molecule has 0 aliphatic carbocycles. The fourth-order valence-electron chi connectivity index (χ4n) is 4.05. The Morgan fingerprint density at radius 2 is 1.49 bits per heavy atom. The Bertz CT molecular complexity index is 1700. The van der Waals surface area contributed by atoms with Gasteiger partial charge in [0, 0.05) is 16.1 Å². The zero-order valence-corrected chi connectivity index (χ0v) is 22.8. The van der Waals surface area contributed by atoms with Gasteiger partial charge in [0.25, 0.3) is 5.91 Å². The van der Waals surface area contributed by atoms with Crippen molar-refractivity contribution in [3.05, 3.63) is 136 Å². The van der Waals surface area contributed by atoms with E-state index in [9.17, 15) is 9.59 Å². The van der Waals surface area contributed by atoms with E-state index in [2.05, 4.69) is 10.5 Å². The van der Waals surface area contributed by atoms with Crippen LogP contribution in [0, 0.1) is 0 Å². The van der Waals surface area contributed by atoms with E-state index in [0.717, 1.165) is 16.3 Å². The van der Waals surface area contributed by atoms with Crippen molar-refractivity contribution in [2.24, 2.45) is 5.10 Å². The quantitative estimate of drug-likeness (QED) is 0.0896. The van der Waals surface area contributed by atoms with E-state index < -0.39 is 11.9 Å². The van der Waals surface area contributed by atoms with Crippen LogP contribution in [0.5, 0.6) is 17.2 Å². The number of hydrazone groups is 1. The minimum absolute atomic E-state index is 0.310. The molecule has 0 saturated heterocycles. The first-order chi connectivity index (χ1) is 20.0. The number of methoxy groups -OCH3 is 1. The number of carbonyl (C=O) groups is 2. The number of hydrogen-bond donors (Lipinski definition) is 1. The molecule has 1 amide bonds. The molecule has 0 heterocycles. The average Bonchev–Trinajstić information content (AvgIpc) is 3.01. The summed E-state index contributed by atoms with van der Waals surface area (Å²) in [6.07, 6.45) is 1.47. The minimum Gasteiger partial charge on any atom is -0.497 e. The monoisotopic (exact) mass is 564 g/mol. The van der Waals surface area contributed by atoms with Crippen LogP contribution in [-0.2, 0) is 6.61 Å². The molecule has 41 heavy (non-hydrogen) atoms. The van der Waals surface area contributed by atoms with Gasteiger partial charge in [-0.15, -0.1) is 0 Å². The number of ether oxygens (including phenoxy) is 3. The second-order valence-corrected chi connectivity index (χ2v) is 9.39. The largest absolute Gasteiger partial charge is 0.497 e. The van der Waals surface area contributed by atoms with Crippen LogP contribution in [0.25, 0.3) is 10.8 Å². The lowest BCUT2D eigenvalue weighted by molar-refractivity contribution is 0.0734. The normalized spacial score (nSPS) is 10.9. The molecule has 7 nitrogen and oxygen atoms in total. The molecule has 1 N–H and O–H groups in total. The lowest BCUT2D eigenvalue weighted by Gasteiger charge is -2.11. The summed E-state index contributed by atoms with van der Waals surface area (Å²) in [5.74, 6) is 0.641. The van der Waals surface area contributed by atoms with E-state index in [0.29, 0.717) is 45.6 Å². The zero-order chi connectivity index (χ0) is 28.6. The molecular formula is C33H25ClN2O5. The van der Waals surface area contributed by atoms with Crippen LogP contribution in [0.3, 0.4) is 0 Å². The Hall–Kier alpha value is -5.14. The SMILES string of the molecule is COc1ccc(C(=O)Oc2ccc3ccccc3c2/C=N/NC(=O)c2ccc(OCc3ccc(Cl)cc3)cc2)cc1. The lowest BCUT2D eigenvalue weighted by Crippen LogP contribution is -2.17. The smallest absolute Gasteiger partial charge is 0.343 e. The third-order valence-electron chi connectivity index (χ3n) is 6.25. The summed E-state index contributed by atoms with van der Waals surface area (Å²) in [4.78, 5) is 25.6. The maximum absolute atomic E-state index is 12.8. The molecule has 0 aromatic heterocycles. The number of nitrogens with one attached hydrogen (secondary N) is 1. The molecule has 5 aromatic rings. The van der Waals surface area contributed by atoms with Crippen molar-refractivity contribution in [3.63, 3.8) is 0 Å². The summed E-state index contributed by atoms with van der Waals surface area (Å²) in [7, 11) is 1.56. The third-order valence-corrected chi connectivity index (χ3v) is 6.51. The fourth-order valence-corrected chi connectivity index (χ4v) is 4.18. The topological polar surface area (TPSA) is 86.2 Å². The van der Waals surface area contributed by atoms with Crippen LogP contribution in [0.2, 0.25) is 5.02 Å². The lowest BCUT2D eigenvalue weighted by atomic mass is 10.0. The van der Waals surface area contributed by atoms with Gasteiger partial charge in [-0.1, -0.05) is 54.1 Å². The second kappa shape index (κ2) is 12.8. The Labute approximate surface area is 241 Å². The fraction of sp³-hybridized carbons (Fsp3) is 0.0606. The summed E-state index contributed by atoms with van der Waals surface area (Å²) >= 11 is 5.92. The van der Waals surface area contributed by atoms with Crippen LogP contribution in [0.4, 0.5) is 0 Å². The number of esters is 1. The molecule has 5 rings (SSSR count). The number of carbonyl (C=O) groups excluding carboxylic acids is 2. The summed E-state index contributed by atoms with van der Waals surface area (Å²) in [5, 5.41) is 6.57. The van der Waals surface area contributed by atoms with Gasteiger partial charge >= 0.3 is 5.97 Å². The molecule has 0 unspecified atom stereocenters. The predicted molar refractivity (Wildman–Crippen MR) is 159 cm³/mol. The molecule has 0 radical (unpaired) electrons. The molecule has 0 bridgehead atoms. The van der Waals surface area contributed by atoms with Gasteiger partial charge in [-0.3, -0.25) is 4.79 Å². The van der Waals surface area contributed by atoms with Crippen molar-refractivity contribution < 1.29 is 23.8 Å². The number of benzene rings is 5. The summed E-state index contributed by atoms with van der Waals surface area (Å²) in [6, 6.07) is 32.0. The highest BCUT2D eigenvalue weighted by molar-refractivity contribution is 6.30. The highest BCUT2D eigenvalue weighted by atomic mass is 35.5. The van der Waals surface area contributed by atoms with Gasteiger partial charge in [-0.2, -0.15) is 5.10 Å². The van der Waals surface area contributed by atoms with Gasteiger partial charge in [-0.05, 0) is 83.1 Å². The number of hydrogen-bond acceptors (Lipinski definition) is 6. The molecule has 0 aliphatic heterocycles. The van der Waals surface area contributed by atoms with E-state index in [1.165, 1.54) is 6.21 Å². The molecule has 0 saturated carbocycles. The van der Waals surface area contributed by atoms with Crippen molar-refractivity contribution in [2.75, 3.05) is 7.11 Å². The summed E-state index contributed by atoms with van der Waals surface area (Å²) in [6.45, 7) is 0.378. The number of fused-ring (bicyclic) bond motifs is 1. The Kier molecular flexibility index (Phi) is 8.57. The zero-order valence-electron chi connectivity index (χ0n) is 22.0. The summed E-state index contributed by atoms with van der Waals surface area (Å²) in [5.41, 5.74) is 4.85. The first-order valence-corrected chi connectivity index (χ1v) is 13.1. The van der Waals surface area contributed by atoms with Crippen LogP contribution >= 0.6 is 11.6 Å². The predicted octanol–water partition coefficient (Wildman–Crippen LogP) is 7.06. The van der Waals surface area contributed by atoms with E-state index in [1.807, 2.05) is 42.5 Å². The summed E-state index contributed by atoms with van der Waals surface area (Å²) < 4.78 is 16.7. The molecule has 204 valence electrons. The van der Waals surface area contributed by atoms with Crippen molar-refractivity contribution >= 4 is 40.5 Å².